The molecule has 1 aliphatic rings. The number of benzene rings is 2. The highest BCUT2D eigenvalue weighted by atomic mass is 32.1. The molecular weight excluding hydrogens is 571 g/mol. The van der Waals surface area contributed by atoms with Crippen molar-refractivity contribution in [2.24, 2.45) is 11.6 Å². The molecule has 42 heavy (non-hydrogen) atoms. The Bertz CT molecular complexity index is 1410. The zero-order valence-electron chi connectivity index (χ0n) is 23.5. The maximum Gasteiger partial charge on any atom is 0.413 e. The molecule has 3 aromatic rings. The number of rotatable bonds is 9. The molecular formula is C28H34F3N7O3S. The van der Waals surface area contributed by atoms with Crippen LogP contribution in [0.25, 0.3) is 5.70 Å². The Labute approximate surface area is 246 Å². The van der Waals surface area contributed by atoms with Crippen molar-refractivity contribution < 1.29 is 27.5 Å². The molecule has 1 aliphatic heterocycles. The summed E-state index contributed by atoms with van der Waals surface area (Å²) in [4.78, 5) is 31.4. The highest BCUT2D eigenvalue weighted by Crippen LogP contribution is 2.28. The summed E-state index contributed by atoms with van der Waals surface area (Å²) in [5, 5.41) is 6.79. The fourth-order valence-corrected chi connectivity index (χ4v) is 5.05. The van der Waals surface area contributed by atoms with Gasteiger partial charge in [-0.1, -0.05) is 17.4 Å². The molecule has 1 fully saturated rings. The number of hydrazine groups is 1. The molecule has 14 heteroatoms. The van der Waals surface area contributed by atoms with E-state index >= 15 is 0 Å². The molecule has 0 spiro atoms. The quantitative estimate of drug-likeness (QED) is 0.182. The molecule has 0 aliphatic carbocycles. The number of methoxy groups -OCH3 is 1. The van der Waals surface area contributed by atoms with E-state index in [1.165, 1.54) is 36.6 Å². The fourth-order valence-electron chi connectivity index (χ4n) is 4.33. The van der Waals surface area contributed by atoms with E-state index in [0.29, 0.717) is 35.1 Å². The van der Waals surface area contributed by atoms with Crippen molar-refractivity contribution in [3.63, 3.8) is 0 Å². The Balaban J connectivity index is 0.00000237. The Morgan fingerprint density at radius 3 is 2.55 bits per heavy atom. The monoisotopic (exact) mass is 605 g/mol. The van der Waals surface area contributed by atoms with Gasteiger partial charge in [0.05, 0.1) is 30.5 Å². The van der Waals surface area contributed by atoms with E-state index in [9.17, 15) is 22.8 Å². The van der Waals surface area contributed by atoms with Crippen molar-refractivity contribution in [2.75, 3.05) is 43.0 Å². The van der Waals surface area contributed by atoms with Crippen LogP contribution >= 0.6 is 11.3 Å². The minimum atomic E-state index is -2.66. The third-order valence-corrected chi connectivity index (χ3v) is 7.30. The average molecular weight is 606 g/mol. The summed E-state index contributed by atoms with van der Waals surface area (Å²) >= 11 is 1.13. The van der Waals surface area contributed by atoms with Crippen LogP contribution < -0.4 is 27.2 Å². The predicted molar refractivity (Wildman–Crippen MR) is 159 cm³/mol. The molecule has 1 saturated heterocycles. The number of nitrogens with zero attached hydrogens (tertiary/aromatic N) is 3. The number of nitrogens with one attached hydrogen (secondary N) is 2. The number of amides is 2. The molecule has 2 heterocycles. The summed E-state index contributed by atoms with van der Waals surface area (Å²) in [6.45, 7) is 4.22. The lowest BCUT2D eigenvalue weighted by molar-refractivity contribution is 0.102. The van der Waals surface area contributed by atoms with Gasteiger partial charge in [0.25, 0.3) is 12.3 Å². The van der Waals surface area contributed by atoms with Gasteiger partial charge in [-0.05, 0) is 74.3 Å². The van der Waals surface area contributed by atoms with Gasteiger partial charge in [-0.15, -0.1) is 0 Å². The van der Waals surface area contributed by atoms with E-state index in [1.807, 2.05) is 6.92 Å². The van der Waals surface area contributed by atoms with Crippen molar-refractivity contribution in [3.05, 3.63) is 75.9 Å². The maximum atomic E-state index is 13.6. The molecule has 1 aromatic heterocycles. The van der Waals surface area contributed by atoms with Gasteiger partial charge in [0.15, 0.2) is 5.13 Å². The van der Waals surface area contributed by atoms with Crippen LogP contribution in [0, 0.1) is 6.92 Å². The van der Waals surface area contributed by atoms with E-state index in [2.05, 4.69) is 25.3 Å². The summed E-state index contributed by atoms with van der Waals surface area (Å²) in [7, 11) is 1.74. The van der Waals surface area contributed by atoms with Crippen molar-refractivity contribution >= 4 is 45.5 Å². The summed E-state index contributed by atoms with van der Waals surface area (Å²) in [6.07, 6.45) is 1.82. The normalized spacial score (nSPS) is 13.4. The number of thiazole rings is 1. The zero-order valence-corrected chi connectivity index (χ0v) is 24.3. The largest absolute Gasteiger partial charge is 0.453 e. The lowest BCUT2D eigenvalue weighted by Crippen LogP contribution is -2.27. The predicted octanol–water partition coefficient (Wildman–Crippen LogP) is 5.64. The van der Waals surface area contributed by atoms with Gasteiger partial charge in [0, 0.05) is 35.8 Å². The summed E-state index contributed by atoms with van der Waals surface area (Å²) in [5.41, 5.74) is 8.92. The smallest absolute Gasteiger partial charge is 0.413 e. The Morgan fingerprint density at radius 1 is 1.17 bits per heavy atom. The molecule has 0 bridgehead atoms. The van der Waals surface area contributed by atoms with Gasteiger partial charge >= 0.3 is 6.09 Å². The van der Waals surface area contributed by atoms with Crippen molar-refractivity contribution in [3.8, 4) is 0 Å². The number of aryl methyl sites for hydroxylation is 1. The second-order valence-corrected chi connectivity index (χ2v) is 10.4. The number of halogens is 3. The number of likely N-dealkylation sites (tertiary alicyclic amines) is 1. The Kier molecular flexibility index (Phi) is 11.7. The maximum absolute atomic E-state index is 13.6. The number of nitrogens with two attached hydrogens (primary N) is 2. The van der Waals surface area contributed by atoms with Crippen molar-refractivity contribution in [1.82, 2.24) is 9.88 Å². The molecule has 226 valence electrons. The number of carbonyl (C=O) groups excluding carboxylic acids is 2. The van der Waals surface area contributed by atoms with Crippen LogP contribution in [0.5, 0.6) is 0 Å². The molecule has 0 atom stereocenters. The van der Waals surface area contributed by atoms with Crippen LogP contribution in [-0.4, -0.2) is 49.3 Å². The second kappa shape index (κ2) is 15.2. The van der Waals surface area contributed by atoms with Gasteiger partial charge in [-0.3, -0.25) is 24.4 Å². The fraction of sp³-hybridized carbons (Fsp3) is 0.321. The average Bonchev–Trinajstić information content (AvgIpc) is 3.66. The van der Waals surface area contributed by atoms with E-state index in [1.54, 1.807) is 24.3 Å². The molecule has 2 aromatic carbocycles. The number of ether oxygens (including phenoxy) is 1. The number of alkyl halides is 3. The van der Waals surface area contributed by atoms with Crippen LogP contribution in [-0.2, 0) is 11.3 Å². The molecule has 2 amide bonds. The first-order valence-electron chi connectivity index (χ1n) is 12.9. The number of aromatic nitrogens is 1. The van der Waals surface area contributed by atoms with Gasteiger partial charge in [0.1, 0.15) is 0 Å². The van der Waals surface area contributed by atoms with Crippen molar-refractivity contribution in [1.29, 1.82) is 0 Å². The SMILES string of the molecule is CF.COC(=O)Nc1ncc(/C(N)=C/N(N)c2cc(C(=O)Nc3cc(CN4CCCC4)cc(C(F)F)c3)ccc2C)s1. The molecule has 0 unspecified atom stereocenters. The van der Waals surface area contributed by atoms with Gasteiger partial charge in [-0.2, -0.15) is 0 Å². The summed E-state index contributed by atoms with van der Waals surface area (Å²) in [5.74, 6) is 5.80. The zero-order chi connectivity index (χ0) is 30.8. The first-order valence-corrected chi connectivity index (χ1v) is 13.7. The van der Waals surface area contributed by atoms with E-state index in [-0.39, 0.29) is 16.8 Å². The standard InChI is InChI=1S/C27H31F2N7O3S.CH3F/c1-16-5-6-18(12-22(16)36(31)15-21(30)23-13-32-26(40-23)34-27(38)39-2)25(37)33-20-10-17(9-19(11-20)24(28)29)14-35-7-3-4-8-35;1-2/h5-6,9-13,15,24H,3-4,7-8,14,30-31H2,1-2H3,(H,33,37)(H,32,34,38);1H3/b21-15-;. The van der Waals surface area contributed by atoms with Gasteiger partial charge in [0.2, 0.25) is 0 Å². The van der Waals surface area contributed by atoms with E-state index < -0.39 is 18.4 Å². The lowest BCUT2D eigenvalue weighted by atomic mass is 10.1. The molecule has 0 radical (unpaired) electrons. The first kappa shape index (κ1) is 32.4. The van der Waals surface area contributed by atoms with Crippen LogP contribution in [0.15, 0.2) is 48.8 Å². The molecule has 6 N–H and O–H groups in total. The lowest BCUT2D eigenvalue weighted by Gasteiger charge is -2.19. The van der Waals surface area contributed by atoms with Crippen LogP contribution in [0.3, 0.4) is 0 Å². The molecule has 10 nitrogen and oxygen atoms in total. The number of hydrogen-bond donors (Lipinski definition) is 4. The Hall–Kier alpha value is -4.14. The van der Waals surface area contributed by atoms with Crippen LogP contribution in [0.4, 0.5) is 34.5 Å². The van der Waals surface area contributed by atoms with Crippen LogP contribution in [0.1, 0.15) is 51.2 Å². The third kappa shape index (κ3) is 8.68. The minimum absolute atomic E-state index is 0.140. The second-order valence-electron chi connectivity index (χ2n) is 9.34. The molecule has 4 rings (SSSR count). The highest BCUT2D eigenvalue weighted by Gasteiger charge is 2.17. The highest BCUT2D eigenvalue weighted by molar-refractivity contribution is 7.16. The summed E-state index contributed by atoms with van der Waals surface area (Å²) < 4.78 is 41.2. The van der Waals surface area contributed by atoms with E-state index in [4.69, 9.17) is 11.6 Å². The van der Waals surface area contributed by atoms with Crippen molar-refractivity contribution in [2.45, 2.75) is 32.7 Å². The number of carbonyl (C=O) groups is 2. The van der Waals surface area contributed by atoms with E-state index in [0.717, 1.165) is 48.4 Å². The topological polar surface area (TPSA) is 139 Å². The number of hydrogen-bond acceptors (Lipinski definition) is 9. The molecule has 0 saturated carbocycles. The van der Waals surface area contributed by atoms with Crippen LogP contribution in [0.2, 0.25) is 0 Å². The van der Waals surface area contributed by atoms with Gasteiger partial charge in [-0.25, -0.2) is 24.4 Å². The third-order valence-electron chi connectivity index (χ3n) is 6.34. The summed E-state index contributed by atoms with van der Waals surface area (Å²) in [6, 6.07) is 9.46. The first-order chi connectivity index (χ1) is 20.1. The van der Waals surface area contributed by atoms with Gasteiger partial charge < -0.3 is 15.8 Å². The minimum Gasteiger partial charge on any atom is -0.453 e. The Morgan fingerprint density at radius 2 is 1.88 bits per heavy atom. The number of anilines is 3.